The van der Waals surface area contributed by atoms with Crippen LogP contribution < -0.4 is 4.74 Å². The van der Waals surface area contributed by atoms with Crippen molar-refractivity contribution in [1.82, 2.24) is 0 Å². The van der Waals surface area contributed by atoms with Gasteiger partial charge >= 0.3 is 5.97 Å². The molecule has 0 aliphatic rings. The molecule has 0 aliphatic carbocycles. The topological polar surface area (TPSA) is 46.5 Å². The lowest BCUT2D eigenvalue weighted by Crippen LogP contribution is -2.34. The van der Waals surface area contributed by atoms with E-state index in [1.54, 1.807) is 6.92 Å². The van der Waals surface area contributed by atoms with Gasteiger partial charge in [0.05, 0.1) is 12.0 Å². The zero-order valence-corrected chi connectivity index (χ0v) is 19.1. The van der Waals surface area contributed by atoms with Crippen molar-refractivity contribution >= 4 is 5.97 Å². The Morgan fingerprint density at radius 3 is 1.85 bits per heavy atom. The summed E-state index contributed by atoms with van der Waals surface area (Å²) in [5.41, 5.74) is 2.92. The minimum Gasteiger partial charge on any atom is -0.426 e. The second kappa shape index (κ2) is 8.77. The average Bonchev–Trinajstić information content (AvgIpc) is 2.52. The normalized spacial score (nSPS) is 16.0. The summed E-state index contributed by atoms with van der Waals surface area (Å²) in [5.74, 6) is -0.189. The number of hydrogen-bond donors (Lipinski definition) is 1. The second-order valence-corrected chi connectivity index (χ2v) is 10.2. The van der Waals surface area contributed by atoms with Crippen LogP contribution in [0.15, 0.2) is 12.1 Å². The number of carbonyl (C=O) groups is 1. The van der Waals surface area contributed by atoms with Crippen LogP contribution in [0.2, 0.25) is 0 Å². The molecule has 0 spiro atoms. The smallest absolute Gasteiger partial charge is 0.316 e. The molecule has 0 heterocycles. The highest BCUT2D eigenvalue weighted by molar-refractivity contribution is 5.76. The van der Waals surface area contributed by atoms with E-state index in [1.165, 1.54) is 0 Å². The highest BCUT2D eigenvalue weighted by Crippen LogP contribution is 2.41. The van der Waals surface area contributed by atoms with Crippen molar-refractivity contribution in [3.8, 4) is 5.75 Å². The average molecular weight is 377 g/mol. The van der Waals surface area contributed by atoms with E-state index in [0.29, 0.717) is 5.75 Å². The lowest BCUT2D eigenvalue weighted by atomic mass is 9.78. The van der Waals surface area contributed by atoms with Crippen molar-refractivity contribution < 1.29 is 14.6 Å². The minimum absolute atomic E-state index is 0.0692. The molecule has 27 heavy (non-hydrogen) atoms. The van der Waals surface area contributed by atoms with E-state index in [9.17, 15) is 9.90 Å². The van der Waals surface area contributed by atoms with Crippen LogP contribution in [0.4, 0.5) is 0 Å². The van der Waals surface area contributed by atoms with Crippen LogP contribution in [0.3, 0.4) is 0 Å². The molecule has 3 heteroatoms. The van der Waals surface area contributed by atoms with Crippen molar-refractivity contribution in [2.75, 3.05) is 0 Å². The number of rotatable bonds is 6. The van der Waals surface area contributed by atoms with Gasteiger partial charge in [-0.15, -0.1) is 0 Å². The van der Waals surface area contributed by atoms with Gasteiger partial charge < -0.3 is 9.84 Å². The largest absolute Gasteiger partial charge is 0.426 e. The van der Waals surface area contributed by atoms with Crippen molar-refractivity contribution in [2.45, 2.75) is 99.0 Å². The molecule has 0 saturated heterocycles. The second-order valence-electron chi connectivity index (χ2n) is 10.2. The molecule has 1 aromatic carbocycles. The summed E-state index contributed by atoms with van der Waals surface area (Å²) in [6, 6.07) is 4.22. The van der Waals surface area contributed by atoms with Crippen molar-refractivity contribution in [1.29, 1.82) is 0 Å². The lowest BCUT2D eigenvalue weighted by Gasteiger charge is -2.31. The molecular weight excluding hydrogens is 336 g/mol. The van der Waals surface area contributed by atoms with E-state index in [1.807, 2.05) is 6.92 Å². The maximum Gasteiger partial charge on any atom is 0.316 e. The summed E-state index contributed by atoms with van der Waals surface area (Å²) < 4.78 is 6.00. The number of ether oxygens (including phenoxy) is 1. The van der Waals surface area contributed by atoms with Gasteiger partial charge in [0.1, 0.15) is 5.75 Å². The zero-order valence-electron chi connectivity index (χ0n) is 19.1. The van der Waals surface area contributed by atoms with E-state index < -0.39 is 12.0 Å². The van der Waals surface area contributed by atoms with E-state index in [-0.39, 0.29) is 22.7 Å². The van der Waals surface area contributed by atoms with Gasteiger partial charge in [0.25, 0.3) is 0 Å². The zero-order chi connectivity index (χ0) is 21.2. The summed E-state index contributed by atoms with van der Waals surface area (Å²) in [6.45, 7) is 20.7. The molecule has 3 atom stereocenters. The Bertz CT molecular complexity index is 612. The van der Waals surface area contributed by atoms with E-state index in [0.717, 1.165) is 29.5 Å². The molecule has 0 aromatic heterocycles. The first-order chi connectivity index (χ1) is 12.2. The van der Waals surface area contributed by atoms with Crippen molar-refractivity contribution in [3.63, 3.8) is 0 Å². The quantitative estimate of drug-likeness (QED) is 0.494. The Kier molecular flexibility index (Phi) is 7.69. The summed E-state index contributed by atoms with van der Waals surface area (Å²) in [4.78, 5) is 12.9. The van der Waals surface area contributed by atoms with Crippen LogP contribution in [0, 0.1) is 18.8 Å². The number of aliphatic hydroxyl groups excluding tert-OH is 1. The van der Waals surface area contributed by atoms with Gasteiger partial charge in [-0.3, -0.25) is 4.79 Å². The molecule has 0 radical (unpaired) electrons. The number of carbonyl (C=O) groups excluding carboxylic acids is 1. The molecule has 1 N–H and O–H groups in total. The third kappa shape index (κ3) is 6.07. The van der Waals surface area contributed by atoms with E-state index >= 15 is 0 Å². The predicted octanol–water partition coefficient (Wildman–Crippen LogP) is 5.93. The van der Waals surface area contributed by atoms with E-state index in [2.05, 4.69) is 67.5 Å². The predicted molar refractivity (Wildman–Crippen MR) is 113 cm³/mol. The lowest BCUT2D eigenvalue weighted by molar-refractivity contribution is -0.143. The van der Waals surface area contributed by atoms with Crippen LogP contribution in [-0.4, -0.2) is 17.2 Å². The fraction of sp³-hybridized carbons (Fsp3) is 0.708. The Balaban J connectivity index is 3.34. The van der Waals surface area contributed by atoms with Crippen LogP contribution in [-0.2, 0) is 15.6 Å². The summed E-state index contributed by atoms with van der Waals surface area (Å²) in [6.07, 6.45) is 1.18. The fourth-order valence-electron chi connectivity index (χ4n) is 3.45. The molecular formula is C24H40O3. The van der Waals surface area contributed by atoms with Gasteiger partial charge in [-0.2, -0.15) is 0 Å². The Hall–Kier alpha value is -1.35. The van der Waals surface area contributed by atoms with Gasteiger partial charge in [-0.1, -0.05) is 79.5 Å². The molecule has 0 bridgehead atoms. The van der Waals surface area contributed by atoms with Gasteiger partial charge in [-0.25, -0.2) is 0 Å². The van der Waals surface area contributed by atoms with Crippen LogP contribution >= 0.6 is 0 Å². The third-order valence-corrected chi connectivity index (χ3v) is 5.26. The third-order valence-electron chi connectivity index (χ3n) is 5.26. The first-order valence-corrected chi connectivity index (χ1v) is 10.3. The van der Waals surface area contributed by atoms with Crippen molar-refractivity contribution in [2.24, 2.45) is 11.8 Å². The van der Waals surface area contributed by atoms with E-state index in [4.69, 9.17) is 4.74 Å². The van der Waals surface area contributed by atoms with Crippen LogP contribution in [0.1, 0.15) is 91.8 Å². The first-order valence-electron chi connectivity index (χ1n) is 10.3. The summed E-state index contributed by atoms with van der Waals surface area (Å²) >= 11 is 0. The SMILES string of the molecule is CCC[C@H](C)[C@H](O)[C@H](C)C(=O)Oc1c(C(C)(C)C)cc(C)cc1C(C)(C)C. The number of benzene rings is 1. The van der Waals surface area contributed by atoms with Crippen molar-refractivity contribution in [3.05, 3.63) is 28.8 Å². The van der Waals surface area contributed by atoms with Gasteiger partial charge in [0.2, 0.25) is 0 Å². The number of hydrogen-bond acceptors (Lipinski definition) is 3. The molecule has 0 amide bonds. The maximum absolute atomic E-state index is 12.9. The number of esters is 1. The Morgan fingerprint density at radius 2 is 1.48 bits per heavy atom. The maximum atomic E-state index is 12.9. The minimum atomic E-state index is -0.695. The van der Waals surface area contributed by atoms with Gasteiger partial charge in [0.15, 0.2) is 0 Å². The fourth-order valence-corrected chi connectivity index (χ4v) is 3.45. The molecule has 0 aliphatic heterocycles. The molecule has 0 saturated carbocycles. The summed E-state index contributed by atoms with van der Waals surface area (Å²) in [5, 5.41) is 10.6. The highest BCUT2D eigenvalue weighted by Gasteiger charge is 2.32. The number of aliphatic hydroxyl groups is 1. The van der Waals surface area contributed by atoms with Crippen LogP contribution in [0.5, 0.6) is 5.75 Å². The monoisotopic (exact) mass is 376 g/mol. The highest BCUT2D eigenvalue weighted by atomic mass is 16.5. The molecule has 154 valence electrons. The Morgan fingerprint density at radius 1 is 1.04 bits per heavy atom. The summed E-state index contributed by atoms with van der Waals surface area (Å²) in [7, 11) is 0. The number of aryl methyl sites for hydroxylation is 1. The Labute approximate surface area is 166 Å². The van der Waals surface area contributed by atoms with Gasteiger partial charge in [-0.05, 0) is 37.0 Å². The molecule has 0 unspecified atom stereocenters. The first kappa shape index (κ1) is 23.7. The molecule has 1 aromatic rings. The molecule has 0 fully saturated rings. The standard InChI is InChI=1S/C24H40O3/c1-11-12-16(3)20(25)17(4)22(26)27-21-18(23(5,6)7)13-15(2)14-19(21)24(8,9)10/h13-14,16-17,20,25H,11-12H2,1-10H3/t16-,17-,20-/m0/s1. The van der Waals surface area contributed by atoms with Crippen LogP contribution in [0.25, 0.3) is 0 Å². The van der Waals surface area contributed by atoms with Gasteiger partial charge in [0, 0.05) is 11.1 Å². The molecule has 3 nitrogen and oxygen atoms in total. The molecule has 1 rings (SSSR count).